The number of hydrogen-bond acceptors (Lipinski definition) is 2. The Balaban J connectivity index is 2.27. The van der Waals surface area contributed by atoms with E-state index in [-0.39, 0.29) is 18.4 Å². The summed E-state index contributed by atoms with van der Waals surface area (Å²) < 4.78 is 12.8. The van der Waals surface area contributed by atoms with E-state index in [1.165, 1.54) is 11.0 Å². The van der Waals surface area contributed by atoms with Gasteiger partial charge in [0.05, 0.1) is 6.54 Å². The lowest BCUT2D eigenvalue weighted by atomic mass is 10.2. The molecule has 0 unspecified atom stereocenters. The molecular formula is C9H16FN3O. The molecule has 1 heterocycles. The van der Waals surface area contributed by atoms with Crippen LogP contribution in [0.2, 0.25) is 0 Å². The Labute approximate surface area is 82.9 Å². The van der Waals surface area contributed by atoms with Crippen molar-refractivity contribution in [2.24, 2.45) is 5.73 Å². The predicted octanol–water partition coefficient (Wildman–Crippen LogP) is 0.604. The second kappa shape index (κ2) is 5.59. The van der Waals surface area contributed by atoms with Gasteiger partial charge in [-0.25, -0.2) is 9.18 Å². The van der Waals surface area contributed by atoms with E-state index >= 15 is 0 Å². The molecule has 0 saturated carbocycles. The number of halogens is 1. The van der Waals surface area contributed by atoms with Crippen molar-refractivity contribution in [2.75, 3.05) is 26.2 Å². The van der Waals surface area contributed by atoms with E-state index in [4.69, 9.17) is 5.73 Å². The van der Waals surface area contributed by atoms with E-state index in [0.717, 1.165) is 6.42 Å². The third-order valence-electron chi connectivity index (χ3n) is 2.05. The summed E-state index contributed by atoms with van der Waals surface area (Å²) in [5.74, 6) is -0.231. The number of nitrogens with one attached hydrogen (secondary N) is 1. The van der Waals surface area contributed by atoms with Crippen LogP contribution in [0.25, 0.3) is 0 Å². The zero-order valence-corrected chi connectivity index (χ0v) is 8.13. The van der Waals surface area contributed by atoms with Gasteiger partial charge in [-0.2, -0.15) is 0 Å². The highest BCUT2D eigenvalue weighted by Crippen LogP contribution is 2.09. The third-order valence-corrected chi connectivity index (χ3v) is 2.05. The maximum atomic E-state index is 12.8. The summed E-state index contributed by atoms with van der Waals surface area (Å²) in [5, 5.41) is 2.69. The SMILES string of the molecule is NCCCNC(=O)N1CCC=C(F)C1. The lowest BCUT2D eigenvalue weighted by molar-refractivity contribution is 0.197. The van der Waals surface area contributed by atoms with Gasteiger partial charge in [0.15, 0.2) is 0 Å². The molecule has 0 spiro atoms. The first-order valence-electron chi connectivity index (χ1n) is 4.81. The molecule has 3 N–H and O–H groups in total. The Morgan fingerprint density at radius 1 is 1.71 bits per heavy atom. The number of hydrogen-bond donors (Lipinski definition) is 2. The van der Waals surface area contributed by atoms with Crippen molar-refractivity contribution >= 4 is 6.03 Å². The van der Waals surface area contributed by atoms with Gasteiger partial charge in [-0.05, 0) is 25.5 Å². The molecule has 2 amide bonds. The zero-order valence-electron chi connectivity index (χ0n) is 8.13. The number of nitrogens with two attached hydrogens (primary N) is 1. The lowest BCUT2D eigenvalue weighted by Crippen LogP contribution is -2.43. The molecule has 1 aliphatic rings. The summed E-state index contributed by atoms with van der Waals surface area (Å²) in [4.78, 5) is 12.9. The Morgan fingerprint density at radius 2 is 2.50 bits per heavy atom. The minimum absolute atomic E-state index is 0.0917. The molecule has 1 rings (SSSR count). The van der Waals surface area contributed by atoms with Crippen molar-refractivity contribution in [1.82, 2.24) is 10.2 Å². The van der Waals surface area contributed by atoms with Gasteiger partial charge in [-0.15, -0.1) is 0 Å². The third kappa shape index (κ3) is 3.33. The van der Waals surface area contributed by atoms with Crippen LogP contribution in [0.1, 0.15) is 12.8 Å². The van der Waals surface area contributed by atoms with Crippen molar-refractivity contribution in [3.63, 3.8) is 0 Å². The second-order valence-corrected chi connectivity index (χ2v) is 3.24. The van der Waals surface area contributed by atoms with Crippen LogP contribution in [0.3, 0.4) is 0 Å². The van der Waals surface area contributed by atoms with Crippen LogP contribution in [0.5, 0.6) is 0 Å². The summed E-state index contributed by atoms with van der Waals surface area (Å²) in [6, 6.07) is -0.207. The highest BCUT2D eigenvalue weighted by Gasteiger charge is 2.17. The molecule has 0 radical (unpaired) electrons. The van der Waals surface area contributed by atoms with E-state index in [9.17, 15) is 9.18 Å². The largest absolute Gasteiger partial charge is 0.338 e. The number of urea groups is 1. The van der Waals surface area contributed by atoms with Crippen LogP contribution in [-0.2, 0) is 0 Å². The van der Waals surface area contributed by atoms with Crippen LogP contribution >= 0.6 is 0 Å². The number of carbonyl (C=O) groups is 1. The molecule has 0 aromatic heterocycles. The van der Waals surface area contributed by atoms with Crippen molar-refractivity contribution in [1.29, 1.82) is 0 Å². The monoisotopic (exact) mass is 201 g/mol. The first kappa shape index (κ1) is 11.0. The van der Waals surface area contributed by atoms with E-state index in [2.05, 4.69) is 5.32 Å². The van der Waals surface area contributed by atoms with Crippen LogP contribution < -0.4 is 11.1 Å². The molecule has 5 heteroatoms. The summed E-state index contributed by atoms with van der Waals surface area (Å²) >= 11 is 0. The van der Waals surface area contributed by atoms with Gasteiger partial charge in [0.25, 0.3) is 0 Å². The summed E-state index contributed by atoms with van der Waals surface area (Å²) in [7, 11) is 0. The van der Waals surface area contributed by atoms with Crippen LogP contribution in [0.4, 0.5) is 9.18 Å². The van der Waals surface area contributed by atoms with Gasteiger partial charge in [0.1, 0.15) is 5.83 Å². The van der Waals surface area contributed by atoms with Crippen LogP contribution in [0.15, 0.2) is 11.9 Å². The first-order chi connectivity index (χ1) is 6.74. The number of carbonyl (C=O) groups excluding carboxylic acids is 1. The van der Waals surface area contributed by atoms with Gasteiger partial charge in [0, 0.05) is 13.1 Å². The van der Waals surface area contributed by atoms with Gasteiger partial charge >= 0.3 is 6.03 Å². The quantitative estimate of drug-likeness (QED) is 0.657. The smallest absolute Gasteiger partial charge is 0.317 e. The zero-order chi connectivity index (χ0) is 10.4. The van der Waals surface area contributed by atoms with E-state index in [0.29, 0.717) is 26.1 Å². The summed E-state index contributed by atoms with van der Waals surface area (Å²) in [6.07, 6.45) is 2.86. The molecule has 0 atom stereocenters. The first-order valence-corrected chi connectivity index (χ1v) is 4.81. The van der Waals surface area contributed by atoms with E-state index < -0.39 is 0 Å². The molecule has 0 aromatic rings. The predicted molar refractivity (Wildman–Crippen MR) is 52.5 cm³/mol. The highest BCUT2D eigenvalue weighted by atomic mass is 19.1. The van der Waals surface area contributed by atoms with Crippen molar-refractivity contribution < 1.29 is 9.18 Å². The maximum absolute atomic E-state index is 12.8. The highest BCUT2D eigenvalue weighted by molar-refractivity contribution is 5.74. The van der Waals surface area contributed by atoms with Gasteiger partial charge in [0.2, 0.25) is 0 Å². The molecule has 1 aliphatic heterocycles. The Morgan fingerprint density at radius 3 is 3.14 bits per heavy atom. The number of rotatable bonds is 3. The fraction of sp³-hybridized carbons (Fsp3) is 0.667. The summed E-state index contributed by atoms with van der Waals surface area (Å²) in [5.41, 5.74) is 5.28. The topological polar surface area (TPSA) is 58.4 Å². The molecule has 0 fully saturated rings. The van der Waals surface area contributed by atoms with Gasteiger partial charge in [-0.1, -0.05) is 0 Å². The average molecular weight is 201 g/mol. The molecule has 0 bridgehead atoms. The van der Waals surface area contributed by atoms with Gasteiger partial charge in [-0.3, -0.25) is 0 Å². The standard InChI is InChI=1S/C9H16FN3O/c10-8-3-1-6-13(7-8)9(14)12-5-2-4-11/h3H,1-2,4-7,11H2,(H,12,14). The Bertz CT molecular complexity index is 230. The fourth-order valence-electron chi connectivity index (χ4n) is 1.29. The lowest BCUT2D eigenvalue weighted by Gasteiger charge is -2.24. The molecule has 0 saturated heterocycles. The molecule has 0 aromatic carbocycles. The molecule has 80 valence electrons. The van der Waals surface area contributed by atoms with Gasteiger partial charge < -0.3 is 16.0 Å². The van der Waals surface area contributed by atoms with Crippen molar-refractivity contribution in [3.05, 3.63) is 11.9 Å². The number of nitrogens with zero attached hydrogens (tertiary/aromatic N) is 1. The van der Waals surface area contributed by atoms with Crippen molar-refractivity contribution in [2.45, 2.75) is 12.8 Å². The van der Waals surface area contributed by atoms with E-state index in [1.807, 2.05) is 0 Å². The maximum Gasteiger partial charge on any atom is 0.317 e. The Kier molecular flexibility index (Phi) is 4.39. The minimum Gasteiger partial charge on any atom is -0.338 e. The van der Waals surface area contributed by atoms with Crippen LogP contribution in [0, 0.1) is 0 Å². The van der Waals surface area contributed by atoms with Crippen molar-refractivity contribution in [3.8, 4) is 0 Å². The molecular weight excluding hydrogens is 185 g/mol. The number of amides is 2. The Hall–Kier alpha value is -1.10. The average Bonchev–Trinajstić information content (AvgIpc) is 2.18. The van der Waals surface area contributed by atoms with Crippen LogP contribution in [-0.4, -0.2) is 37.1 Å². The molecule has 14 heavy (non-hydrogen) atoms. The summed E-state index contributed by atoms with van der Waals surface area (Å²) in [6.45, 7) is 1.78. The fourth-order valence-corrected chi connectivity index (χ4v) is 1.29. The normalized spacial score (nSPS) is 16.4. The van der Waals surface area contributed by atoms with E-state index in [1.54, 1.807) is 0 Å². The minimum atomic E-state index is -0.231. The molecule has 0 aliphatic carbocycles. The second-order valence-electron chi connectivity index (χ2n) is 3.24. The molecule has 4 nitrogen and oxygen atoms in total.